The highest BCUT2D eigenvalue weighted by atomic mass is 16.3. The summed E-state index contributed by atoms with van der Waals surface area (Å²) in [6.45, 7) is 12.3. The van der Waals surface area contributed by atoms with E-state index in [1.807, 2.05) is 0 Å². The van der Waals surface area contributed by atoms with Gasteiger partial charge in [-0.2, -0.15) is 0 Å². The lowest BCUT2D eigenvalue weighted by Gasteiger charge is -2.29. The molecule has 0 bridgehead atoms. The summed E-state index contributed by atoms with van der Waals surface area (Å²) < 4.78 is 0. The van der Waals surface area contributed by atoms with Gasteiger partial charge in [0.15, 0.2) is 0 Å². The van der Waals surface area contributed by atoms with Gasteiger partial charge in [0.1, 0.15) is 60.4 Å². The second kappa shape index (κ2) is 38.6. The van der Waals surface area contributed by atoms with Crippen molar-refractivity contribution in [1.82, 2.24) is 58.5 Å². The van der Waals surface area contributed by atoms with E-state index in [1.165, 1.54) is 13.8 Å². The summed E-state index contributed by atoms with van der Waals surface area (Å²) in [6, 6.07) is -14.5. The number of nitrogens with one attached hydrogen (secondary N) is 11. The molecule has 0 aromatic carbocycles. The predicted molar refractivity (Wildman–Crippen MR) is 301 cm³/mol. The third kappa shape index (κ3) is 27.0. The summed E-state index contributed by atoms with van der Waals surface area (Å²) in [6.07, 6.45) is -0.805. The summed E-state index contributed by atoms with van der Waals surface area (Å²) in [4.78, 5) is 152. The van der Waals surface area contributed by atoms with E-state index < -0.39 is 156 Å². The molecule has 11 amide bonds. The van der Waals surface area contributed by atoms with Gasteiger partial charge in [0, 0.05) is 13.0 Å². The van der Waals surface area contributed by atoms with Gasteiger partial charge in [0.25, 0.3) is 0 Å². The molecule has 81 heavy (non-hydrogen) atoms. The Morgan fingerprint density at radius 2 is 0.988 bits per heavy atom. The van der Waals surface area contributed by atoms with Gasteiger partial charge in [-0.1, -0.05) is 60.8 Å². The average molecular weight is 1160 g/mol. The highest BCUT2D eigenvalue weighted by molar-refractivity contribution is 5.99. The van der Waals surface area contributed by atoms with E-state index in [-0.39, 0.29) is 83.6 Å². The van der Waals surface area contributed by atoms with Crippen molar-refractivity contribution in [1.29, 1.82) is 0 Å². The molecule has 3 unspecified atom stereocenters. The fourth-order valence-electron chi connectivity index (χ4n) is 8.60. The van der Waals surface area contributed by atoms with Crippen molar-refractivity contribution in [2.75, 3.05) is 39.3 Å². The second-order valence-corrected chi connectivity index (χ2v) is 21.8. The molecule has 1 aliphatic rings. The summed E-state index contributed by atoms with van der Waals surface area (Å²) in [5, 5.41) is 49.4. The van der Waals surface area contributed by atoms with Crippen molar-refractivity contribution in [3.05, 3.63) is 0 Å². The molecular weight excluding hydrogens is 1060 g/mol. The van der Waals surface area contributed by atoms with Gasteiger partial charge in [-0.3, -0.25) is 52.7 Å². The number of hydrogen-bond donors (Lipinski definition) is 18. The van der Waals surface area contributed by atoms with Crippen molar-refractivity contribution in [3.63, 3.8) is 0 Å². The van der Waals surface area contributed by atoms with E-state index in [4.69, 9.17) is 28.7 Å². The van der Waals surface area contributed by atoms with Gasteiger partial charge >= 0.3 is 0 Å². The smallest absolute Gasteiger partial charge is 0.245 e. The normalized spacial score (nSPS) is 23.2. The minimum atomic E-state index is -1.69. The number of carbonyl (C=O) groups excluding carboxylic acids is 11. The molecule has 1 saturated heterocycles. The van der Waals surface area contributed by atoms with E-state index in [9.17, 15) is 63.0 Å². The highest BCUT2D eigenvalue weighted by Gasteiger charge is 2.38. The maximum atomic E-state index is 14.4. The molecule has 23 N–H and O–H groups in total. The van der Waals surface area contributed by atoms with Crippen LogP contribution in [0.2, 0.25) is 0 Å². The number of nitrogens with two attached hydrogens (primary N) is 5. The molecule has 0 aromatic rings. The number of hydrogen-bond acceptors (Lipinski definition) is 18. The highest BCUT2D eigenvalue weighted by Crippen LogP contribution is 2.13. The zero-order valence-corrected chi connectivity index (χ0v) is 48.7. The first-order valence-corrected chi connectivity index (χ1v) is 28.3. The lowest BCUT2D eigenvalue weighted by atomic mass is 9.99. The van der Waals surface area contributed by atoms with Crippen LogP contribution in [0.5, 0.6) is 0 Å². The standard InChI is InChI=1S/C52H98N16O13/c1-27(2)12-10-9-11-13-39(71)59-32(14-20-53)46(75)68-42(31(8)70)52(81)64-34(16-22-55)44(73)63-37-19-25-58-50(79)41(30(7)69)67-48(77)36(18-24-57)60-43(72)33(15-21-54)62-49(78)38(26-28(3)4)65-51(80)40(29(5)6)66-47(76)35(17-23-56)61-45(37)74/h27-38,40-42,69-70H,9-26,53-57H2,1-8H3,(H,58,79)(H,59,71)(H,60,72)(H,61,74)(H,62,78)(H,63,73)(H,64,81)(H,65,80)(H,66,76)(H,67,77)(H,68,75)/t30-,31-,32+,33+,34+,35?,36+,37?,38+,40+,41?,42+/m1/s1. The fraction of sp³-hybridized carbons (Fsp3) is 0.788. The number of aliphatic hydroxyl groups excluding tert-OH is 2. The van der Waals surface area contributed by atoms with Crippen LogP contribution >= 0.6 is 0 Å². The first-order chi connectivity index (χ1) is 38.1. The Balaban J connectivity index is 3.78. The van der Waals surface area contributed by atoms with Crippen LogP contribution in [0.1, 0.15) is 132 Å². The van der Waals surface area contributed by atoms with Gasteiger partial charge < -0.3 is 97.4 Å². The molecule has 464 valence electrons. The Kier molecular flexibility index (Phi) is 34.7. The molecule has 0 saturated carbocycles. The van der Waals surface area contributed by atoms with E-state index >= 15 is 0 Å². The van der Waals surface area contributed by atoms with Gasteiger partial charge in [-0.15, -0.1) is 0 Å². The first kappa shape index (κ1) is 72.9. The van der Waals surface area contributed by atoms with Crippen LogP contribution in [0, 0.1) is 17.8 Å². The van der Waals surface area contributed by atoms with Crippen molar-refractivity contribution in [2.24, 2.45) is 46.4 Å². The average Bonchev–Trinajstić information content (AvgIpc) is 3.38. The van der Waals surface area contributed by atoms with Crippen LogP contribution in [0.15, 0.2) is 0 Å². The van der Waals surface area contributed by atoms with Crippen LogP contribution in [0.3, 0.4) is 0 Å². The van der Waals surface area contributed by atoms with Crippen molar-refractivity contribution < 1.29 is 63.0 Å². The summed E-state index contributed by atoms with van der Waals surface area (Å²) in [7, 11) is 0. The second-order valence-electron chi connectivity index (χ2n) is 21.8. The molecule has 1 aliphatic heterocycles. The molecular formula is C52H98N16O13. The van der Waals surface area contributed by atoms with E-state index in [0.717, 1.165) is 19.3 Å². The van der Waals surface area contributed by atoms with Crippen LogP contribution in [-0.2, 0) is 52.7 Å². The Hall–Kier alpha value is -6.11. The molecule has 0 aliphatic carbocycles. The quantitative estimate of drug-likeness (QED) is 0.0325. The summed E-state index contributed by atoms with van der Waals surface area (Å²) in [5.41, 5.74) is 29.2. The summed E-state index contributed by atoms with van der Waals surface area (Å²) >= 11 is 0. The Bertz CT molecular complexity index is 2050. The SMILES string of the molecule is CC(C)CCCCCC(=O)N[C@@H](CCN)C(=O)N[C@H](C(=O)N[C@@H](CCN)C(=O)NC1CCNC(=O)C([C@@H](C)O)NC(=O)[C@H](CCN)NC(=O)[C@H](CCN)NC(=O)[C@H](CC(C)C)NC(=O)[C@H](C(C)C)NC(=O)C(CCN)NC1=O)[C@@H](C)O. The van der Waals surface area contributed by atoms with Crippen LogP contribution < -0.4 is 87.2 Å². The Labute approximate surface area is 475 Å². The minimum absolute atomic E-state index is 0.0128. The number of rotatable bonds is 28. The maximum Gasteiger partial charge on any atom is 0.245 e. The largest absolute Gasteiger partial charge is 0.391 e. The third-order valence-corrected chi connectivity index (χ3v) is 13.2. The maximum absolute atomic E-state index is 14.4. The third-order valence-electron chi connectivity index (χ3n) is 13.2. The molecule has 1 heterocycles. The lowest BCUT2D eigenvalue weighted by molar-refractivity contribution is -0.137. The monoisotopic (exact) mass is 1150 g/mol. The molecule has 1 fully saturated rings. The summed E-state index contributed by atoms with van der Waals surface area (Å²) in [5.74, 6) is -9.92. The van der Waals surface area contributed by atoms with E-state index in [0.29, 0.717) is 12.3 Å². The number of aliphatic hydroxyl groups is 2. The van der Waals surface area contributed by atoms with Crippen molar-refractivity contribution in [3.8, 4) is 0 Å². The van der Waals surface area contributed by atoms with Crippen LogP contribution in [0.25, 0.3) is 0 Å². The molecule has 0 spiro atoms. The number of unbranched alkanes of at least 4 members (excludes halogenated alkanes) is 2. The molecule has 29 heteroatoms. The lowest BCUT2D eigenvalue weighted by Crippen LogP contribution is -2.62. The topological polar surface area (TPSA) is 491 Å². The van der Waals surface area contributed by atoms with Gasteiger partial charge in [-0.25, -0.2) is 0 Å². The Morgan fingerprint density at radius 1 is 0.506 bits per heavy atom. The van der Waals surface area contributed by atoms with E-state index in [2.05, 4.69) is 72.3 Å². The van der Waals surface area contributed by atoms with Crippen molar-refractivity contribution in [2.45, 2.75) is 205 Å². The van der Waals surface area contributed by atoms with Gasteiger partial charge in [0.2, 0.25) is 65.0 Å². The zero-order chi connectivity index (χ0) is 61.5. The molecule has 0 aromatic heterocycles. The number of carbonyl (C=O) groups is 11. The molecule has 0 radical (unpaired) electrons. The van der Waals surface area contributed by atoms with Gasteiger partial charge in [0.05, 0.1) is 12.2 Å². The zero-order valence-electron chi connectivity index (χ0n) is 48.7. The van der Waals surface area contributed by atoms with Crippen LogP contribution in [-0.4, -0.2) is 187 Å². The Morgan fingerprint density at radius 3 is 1.46 bits per heavy atom. The number of amides is 11. The fourth-order valence-corrected chi connectivity index (χ4v) is 8.60. The van der Waals surface area contributed by atoms with Crippen molar-refractivity contribution >= 4 is 65.0 Å². The molecule has 1 rings (SSSR count). The first-order valence-electron chi connectivity index (χ1n) is 28.3. The van der Waals surface area contributed by atoms with Gasteiger partial charge in [-0.05, 0) is 116 Å². The van der Waals surface area contributed by atoms with Crippen LogP contribution in [0.4, 0.5) is 0 Å². The van der Waals surface area contributed by atoms with E-state index in [1.54, 1.807) is 27.7 Å². The minimum Gasteiger partial charge on any atom is -0.391 e. The molecule has 29 nitrogen and oxygen atoms in total. The molecule has 12 atom stereocenters. The predicted octanol–water partition coefficient (Wildman–Crippen LogP) is -5.83.